The van der Waals surface area contributed by atoms with Gasteiger partial charge in [0.1, 0.15) is 11.7 Å². The molecule has 5 atom stereocenters. The van der Waals surface area contributed by atoms with Gasteiger partial charge in [0.15, 0.2) is 6.29 Å². The molecule has 84 valence electrons. The number of rotatable bonds is 2. The molecule has 0 aromatic carbocycles. The van der Waals surface area contributed by atoms with Crippen LogP contribution in [0.2, 0.25) is 0 Å². The summed E-state index contributed by atoms with van der Waals surface area (Å²) in [7, 11) is 3.16. The number of aliphatic hydroxyl groups excluding tert-OH is 1. The van der Waals surface area contributed by atoms with Crippen molar-refractivity contribution in [3.05, 3.63) is 0 Å². The first-order chi connectivity index (χ1) is 6.45. The number of ether oxygens (including phenoxy) is 2. The number of aliphatic hydroxyl groups is 2. The Hall–Kier alpha value is -0.200. The molecule has 1 fully saturated rings. The van der Waals surface area contributed by atoms with Crippen LogP contribution in [0.25, 0.3) is 0 Å². The lowest BCUT2D eigenvalue weighted by Gasteiger charge is -2.47. The van der Waals surface area contributed by atoms with Crippen molar-refractivity contribution in [2.24, 2.45) is 0 Å². The van der Waals surface area contributed by atoms with Crippen LogP contribution in [0.15, 0.2) is 0 Å². The van der Waals surface area contributed by atoms with Crippen LogP contribution in [0.1, 0.15) is 13.8 Å². The van der Waals surface area contributed by atoms with Gasteiger partial charge >= 0.3 is 0 Å². The number of methoxy groups -OCH3 is 1. The standard InChI is InChI=1S/C9H19NO4/c1-5-6(10-3)9(2,12)7(11)8(13-4)14-5/h5-8,10-12H,1-4H3/t5-,6-,7-,8-,9+/m1/s1. The Morgan fingerprint density at radius 3 is 2.50 bits per heavy atom. The molecule has 0 aromatic rings. The van der Waals surface area contributed by atoms with Gasteiger partial charge in [-0.15, -0.1) is 0 Å². The van der Waals surface area contributed by atoms with Gasteiger partial charge in [-0.05, 0) is 20.9 Å². The van der Waals surface area contributed by atoms with Gasteiger partial charge in [-0.2, -0.15) is 0 Å². The molecule has 1 aliphatic rings. The van der Waals surface area contributed by atoms with Crippen LogP contribution < -0.4 is 5.32 Å². The van der Waals surface area contributed by atoms with Gasteiger partial charge in [0.05, 0.1) is 12.1 Å². The van der Waals surface area contributed by atoms with Gasteiger partial charge in [0.2, 0.25) is 0 Å². The first-order valence-electron chi connectivity index (χ1n) is 4.71. The van der Waals surface area contributed by atoms with Crippen molar-refractivity contribution in [2.45, 2.75) is 44.0 Å². The van der Waals surface area contributed by atoms with Gasteiger partial charge in [0.25, 0.3) is 0 Å². The SMILES string of the molecule is CN[C@@H]1[C@@H](C)O[C@@H](OC)[C@@H](O)[C@@]1(C)O. The van der Waals surface area contributed by atoms with Crippen molar-refractivity contribution in [2.75, 3.05) is 14.2 Å². The molecule has 0 radical (unpaired) electrons. The first-order valence-corrected chi connectivity index (χ1v) is 4.71. The maximum atomic E-state index is 10.1. The summed E-state index contributed by atoms with van der Waals surface area (Å²) in [6, 6.07) is -0.316. The summed E-state index contributed by atoms with van der Waals surface area (Å²) in [5.41, 5.74) is -1.26. The third-order valence-electron chi connectivity index (χ3n) is 2.85. The molecule has 5 heteroatoms. The Kier molecular flexibility index (Phi) is 3.49. The minimum atomic E-state index is -1.26. The van der Waals surface area contributed by atoms with Crippen LogP contribution in [-0.4, -0.2) is 54.5 Å². The third kappa shape index (κ3) is 1.78. The van der Waals surface area contributed by atoms with E-state index in [2.05, 4.69) is 5.32 Å². The van der Waals surface area contributed by atoms with E-state index in [1.54, 1.807) is 14.0 Å². The Bertz CT molecular complexity index is 197. The highest BCUT2D eigenvalue weighted by atomic mass is 16.7. The average Bonchev–Trinajstić information content (AvgIpc) is 2.12. The second-order valence-electron chi connectivity index (χ2n) is 3.88. The number of likely N-dealkylation sites (N-methyl/N-ethyl adjacent to an activating group) is 1. The van der Waals surface area contributed by atoms with E-state index in [0.29, 0.717) is 0 Å². The molecule has 1 saturated heterocycles. The summed E-state index contributed by atoms with van der Waals surface area (Å²) in [5.74, 6) is 0. The largest absolute Gasteiger partial charge is 0.386 e. The number of hydrogen-bond acceptors (Lipinski definition) is 5. The topological polar surface area (TPSA) is 71.0 Å². The van der Waals surface area contributed by atoms with Crippen LogP contribution in [0.4, 0.5) is 0 Å². The molecule has 1 heterocycles. The molecule has 1 rings (SSSR count). The molecule has 0 aliphatic carbocycles. The van der Waals surface area contributed by atoms with Crippen LogP contribution in [-0.2, 0) is 9.47 Å². The molecule has 14 heavy (non-hydrogen) atoms. The summed E-state index contributed by atoms with van der Waals surface area (Å²) in [4.78, 5) is 0. The van der Waals surface area contributed by atoms with E-state index in [9.17, 15) is 10.2 Å². The highest BCUT2D eigenvalue weighted by molar-refractivity contribution is 5.01. The Morgan fingerprint density at radius 1 is 1.50 bits per heavy atom. The normalized spacial score (nSPS) is 49.3. The summed E-state index contributed by atoms with van der Waals surface area (Å²) in [5, 5.41) is 22.8. The van der Waals surface area contributed by atoms with Crippen molar-refractivity contribution in [1.82, 2.24) is 5.32 Å². The van der Waals surface area contributed by atoms with Crippen LogP contribution in [0, 0.1) is 0 Å². The highest BCUT2D eigenvalue weighted by Crippen LogP contribution is 2.29. The molecule has 0 amide bonds. The Balaban J connectivity index is 2.85. The fourth-order valence-corrected chi connectivity index (χ4v) is 2.01. The van der Waals surface area contributed by atoms with E-state index in [0.717, 1.165) is 0 Å². The third-order valence-corrected chi connectivity index (χ3v) is 2.85. The van der Waals surface area contributed by atoms with Crippen molar-refractivity contribution in [3.63, 3.8) is 0 Å². The van der Waals surface area contributed by atoms with Gasteiger partial charge in [-0.25, -0.2) is 0 Å². The molecule has 0 bridgehead atoms. The quantitative estimate of drug-likeness (QED) is 0.544. The van der Waals surface area contributed by atoms with E-state index < -0.39 is 18.0 Å². The fourth-order valence-electron chi connectivity index (χ4n) is 2.01. The molecule has 0 unspecified atom stereocenters. The van der Waals surface area contributed by atoms with Crippen LogP contribution in [0.3, 0.4) is 0 Å². The lowest BCUT2D eigenvalue weighted by atomic mass is 9.84. The maximum absolute atomic E-state index is 10.1. The fraction of sp³-hybridized carbons (Fsp3) is 1.00. The minimum absolute atomic E-state index is 0.219. The average molecular weight is 205 g/mol. The predicted molar refractivity (Wildman–Crippen MR) is 50.8 cm³/mol. The molecule has 3 N–H and O–H groups in total. The zero-order valence-electron chi connectivity index (χ0n) is 9.02. The van der Waals surface area contributed by atoms with Gasteiger partial charge in [-0.3, -0.25) is 0 Å². The van der Waals surface area contributed by atoms with E-state index in [1.165, 1.54) is 7.11 Å². The van der Waals surface area contributed by atoms with E-state index in [1.807, 2.05) is 6.92 Å². The molecule has 5 nitrogen and oxygen atoms in total. The van der Waals surface area contributed by atoms with Crippen molar-refractivity contribution >= 4 is 0 Å². The van der Waals surface area contributed by atoms with E-state index >= 15 is 0 Å². The summed E-state index contributed by atoms with van der Waals surface area (Å²) < 4.78 is 10.3. The molecule has 0 spiro atoms. The Labute approximate surface area is 84.0 Å². The van der Waals surface area contributed by atoms with Crippen molar-refractivity contribution < 1.29 is 19.7 Å². The molecule has 1 aliphatic heterocycles. The summed E-state index contributed by atoms with van der Waals surface area (Å²) in [6.45, 7) is 3.40. The smallest absolute Gasteiger partial charge is 0.186 e. The zero-order valence-corrected chi connectivity index (χ0v) is 9.02. The van der Waals surface area contributed by atoms with E-state index in [-0.39, 0.29) is 12.1 Å². The second-order valence-corrected chi connectivity index (χ2v) is 3.88. The Morgan fingerprint density at radius 2 is 2.07 bits per heavy atom. The minimum Gasteiger partial charge on any atom is -0.386 e. The van der Waals surface area contributed by atoms with Crippen LogP contribution in [0.5, 0.6) is 0 Å². The van der Waals surface area contributed by atoms with Gasteiger partial charge < -0.3 is 25.0 Å². The number of hydrogen-bond donors (Lipinski definition) is 3. The van der Waals surface area contributed by atoms with Crippen molar-refractivity contribution in [3.8, 4) is 0 Å². The van der Waals surface area contributed by atoms with Crippen molar-refractivity contribution in [1.29, 1.82) is 0 Å². The summed E-state index contributed by atoms with van der Waals surface area (Å²) >= 11 is 0. The van der Waals surface area contributed by atoms with Gasteiger partial charge in [-0.1, -0.05) is 0 Å². The second kappa shape index (κ2) is 4.12. The first kappa shape index (κ1) is 11.9. The van der Waals surface area contributed by atoms with Gasteiger partial charge in [0, 0.05) is 7.11 Å². The van der Waals surface area contributed by atoms with E-state index in [4.69, 9.17) is 9.47 Å². The molecular formula is C9H19NO4. The number of nitrogens with one attached hydrogen (secondary N) is 1. The maximum Gasteiger partial charge on any atom is 0.186 e. The van der Waals surface area contributed by atoms with Crippen LogP contribution >= 0.6 is 0 Å². The molecular weight excluding hydrogens is 186 g/mol. The molecule has 0 saturated carbocycles. The zero-order chi connectivity index (χ0) is 10.9. The highest BCUT2D eigenvalue weighted by Gasteiger charge is 2.50. The monoisotopic (exact) mass is 205 g/mol. The lowest BCUT2D eigenvalue weighted by Crippen LogP contribution is -2.68. The predicted octanol–water partition coefficient (Wildman–Crippen LogP) is -0.922. The lowest BCUT2D eigenvalue weighted by molar-refractivity contribution is -0.290. The molecule has 0 aromatic heterocycles. The summed E-state index contributed by atoms with van der Waals surface area (Å²) in [6.07, 6.45) is -2.05.